The van der Waals surface area contributed by atoms with Crippen LogP contribution in [0.1, 0.15) is 11.1 Å². The van der Waals surface area contributed by atoms with Gasteiger partial charge < -0.3 is 15.2 Å². The molecule has 0 unspecified atom stereocenters. The molecule has 2 aromatic rings. The second-order valence-corrected chi connectivity index (χ2v) is 4.77. The summed E-state index contributed by atoms with van der Waals surface area (Å²) in [6, 6.07) is 13.5. The van der Waals surface area contributed by atoms with Crippen LogP contribution in [0, 0.1) is 0 Å². The number of hydrogen-bond donors (Lipinski definition) is 1. The summed E-state index contributed by atoms with van der Waals surface area (Å²) in [5.74, 6) is 1.61. The van der Waals surface area contributed by atoms with Crippen LogP contribution in [0.3, 0.4) is 0 Å². The predicted octanol–water partition coefficient (Wildman–Crippen LogP) is 3.43. The first-order valence-electron chi connectivity index (χ1n) is 6.47. The van der Waals surface area contributed by atoms with E-state index < -0.39 is 0 Å². The van der Waals surface area contributed by atoms with Crippen molar-refractivity contribution in [1.82, 2.24) is 0 Å². The lowest BCUT2D eigenvalue weighted by Crippen LogP contribution is -2.06. The number of rotatable bonds is 6. The van der Waals surface area contributed by atoms with Crippen LogP contribution in [0.4, 0.5) is 0 Å². The van der Waals surface area contributed by atoms with Gasteiger partial charge in [0.05, 0.1) is 13.7 Å². The number of methoxy groups -OCH3 is 1. The highest BCUT2D eigenvalue weighted by atomic mass is 35.5. The van der Waals surface area contributed by atoms with E-state index in [0.29, 0.717) is 18.2 Å². The third-order valence-corrected chi connectivity index (χ3v) is 3.44. The first kappa shape index (κ1) is 14.7. The van der Waals surface area contributed by atoms with Crippen LogP contribution in [0.15, 0.2) is 42.5 Å². The second-order valence-electron chi connectivity index (χ2n) is 4.37. The summed E-state index contributed by atoms with van der Waals surface area (Å²) in [5.41, 5.74) is 7.74. The van der Waals surface area contributed by atoms with Crippen LogP contribution in [0.2, 0.25) is 5.02 Å². The summed E-state index contributed by atoms with van der Waals surface area (Å²) in [6.07, 6.45) is 0.820. The van der Waals surface area contributed by atoms with Crippen molar-refractivity contribution in [2.75, 3.05) is 13.7 Å². The van der Waals surface area contributed by atoms with Crippen molar-refractivity contribution >= 4 is 11.6 Å². The summed E-state index contributed by atoms with van der Waals surface area (Å²) >= 11 is 6.08. The average molecular weight is 292 g/mol. The van der Waals surface area contributed by atoms with Gasteiger partial charge in [0.2, 0.25) is 0 Å². The smallest absolute Gasteiger partial charge is 0.125 e. The van der Waals surface area contributed by atoms with Crippen LogP contribution in [0.25, 0.3) is 0 Å². The van der Waals surface area contributed by atoms with E-state index in [9.17, 15) is 0 Å². The minimum atomic E-state index is 0.373. The lowest BCUT2D eigenvalue weighted by atomic mass is 10.1. The Balaban J connectivity index is 1.94. The molecule has 0 heterocycles. The standard InChI is InChI=1S/C16H18ClNO2/c1-19-13-7-5-12(6-8-13)9-10-20-16-4-2-3-15(17)14(16)11-18/h2-8H,9-11,18H2,1H3. The van der Waals surface area contributed by atoms with Gasteiger partial charge in [0.25, 0.3) is 0 Å². The summed E-state index contributed by atoms with van der Waals surface area (Å²) in [6.45, 7) is 0.956. The van der Waals surface area contributed by atoms with Crippen LogP contribution >= 0.6 is 11.6 Å². The van der Waals surface area contributed by atoms with Gasteiger partial charge in [-0.2, -0.15) is 0 Å². The van der Waals surface area contributed by atoms with Crippen molar-refractivity contribution in [3.8, 4) is 11.5 Å². The maximum Gasteiger partial charge on any atom is 0.125 e. The van der Waals surface area contributed by atoms with Gasteiger partial charge in [-0.3, -0.25) is 0 Å². The van der Waals surface area contributed by atoms with Crippen molar-refractivity contribution < 1.29 is 9.47 Å². The minimum Gasteiger partial charge on any atom is -0.497 e. The number of halogens is 1. The molecule has 0 amide bonds. The fourth-order valence-corrected chi connectivity index (χ4v) is 2.19. The highest BCUT2D eigenvalue weighted by Crippen LogP contribution is 2.26. The summed E-state index contributed by atoms with van der Waals surface area (Å²) in [5, 5.41) is 0.648. The molecule has 0 aliphatic carbocycles. The maximum absolute atomic E-state index is 6.08. The molecule has 106 valence electrons. The third kappa shape index (κ3) is 3.65. The van der Waals surface area contributed by atoms with E-state index in [0.717, 1.165) is 23.5 Å². The molecule has 0 fully saturated rings. The van der Waals surface area contributed by atoms with Crippen molar-refractivity contribution in [1.29, 1.82) is 0 Å². The molecule has 2 rings (SSSR count). The number of nitrogens with two attached hydrogens (primary N) is 1. The molecule has 0 atom stereocenters. The van der Waals surface area contributed by atoms with Gasteiger partial charge in [-0.1, -0.05) is 29.8 Å². The molecule has 4 heteroatoms. The summed E-state index contributed by atoms with van der Waals surface area (Å²) in [4.78, 5) is 0. The number of ether oxygens (including phenoxy) is 2. The van der Waals surface area contributed by atoms with Gasteiger partial charge in [0.1, 0.15) is 11.5 Å². The zero-order chi connectivity index (χ0) is 14.4. The van der Waals surface area contributed by atoms with Crippen molar-refractivity contribution in [3.05, 3.63) is 58.6 Å². The van der Waals surface area contributed by atoms with Gasteiger partial charge in [-0.15, -0.1) is 0 Å². The van der Waals surface area contributed by atoms with Crippen LogP contribution in [-0.4, -0.2) is 13.7 Å². The molecule has 0 aliphatic rings. The van der Waals surface area contributed by atoms with E-state index in [-0.39, 0.29) is 0 Å². The highest BCUT2D eigenvalue weighted by molar-refractivity contribution is 6.31. The monoisotopic (exact) mass is 291 g/mol. The van der Waals surface area contributed by atoms with E-state index in [1.807, 2.05) is 42.5 Å². The molecule has 3 nitrogen and oxygen atoms in total. The maximum atomic E-state index is 6.08. The molecule has 0 radical (unpaired) electrons. The van der Waals surface area contributed by atoms with Crippen molar-refractivity contribution in [2.45, 2.75) is 13.0 Å². The van der Waals surface area contributed by atoms with E-state index in [4.69, 9.17) is 26.8 Å². The molecular weight excluding hydrogens is 274 g/mol. The Labute approximate surface area is 124 Å². The van der Waals surface area contributed by atoms with Gasteiger partial charge in [0, 0.05) is 23.6 Å². The SMILES string of the molecule is COc1ccc(CCOc2cccc(Cl)c2CN)cc1. The van der Waals surface area contributed by atoms with Gasteiger partial charge in [0.15, 0.2) is 0 Å². The van der Waals surface area contributed by atoms with Crippen LogP contribution in [0.5, 0.6) is 11.5 Å². The van der Waals surface area contributed by atoms with Crippen LogP contribution < -0.4 is 15.2 Å². The van der Waals surface area contributed by atoms with Crippen molar-refractivity contribution in [2.24, 2.45) is 5.73 Å². The Hall–Kier alpha value is -1.71. The Morgan fingerprint density at radius 1 is 1.10 bits per heavy atom. The van der Waals surface area contributed by atoms with Crippen LogP contribution in [-0.2, 0) is 13.0 Å². The second kappa shape index (κ2) is 7.17. The molecule has 0 bridgehead atoms. The zero-order valence-electron chi connectivity index (χ0n) is 11.4. The molecule has 0 spiro atoms. The van der Waals surface area contributed by atoms with E-state index in [2.05, 4.69) is 0 Å². The predicted molar refractivity (Wildman–Crippen MR) is 81.5 cm³/mol. The Kier molecular flexibility index (Phi) is 5.27. The number of benzene rings is 2. The molecule has 0 saturated carbocycles. The fraction of sp³-hybridized carbons (Fsp3) is 0.250. The molecule has 0 aliphatic heterocycles. The average Bonchev–Trinajstić information content (AvgIpc) is 2.48. The molecule has 0 aromatic heterocycles. The summed E-state index contributed by atoms with van der Waals surface area (Å²) in [7, 11) is 1.66. The molecule has 2 N–H and O–H groups in total. The number of hydrogen-bond acceptors (Lipinski definition) is 3. The topological polar surface area (TPSA) is 44.5 Å². The van der Waals surface area contributed by atoms with E-state index >= 15 is 0 Å². The first-order valence-corrected chi connectivity index (χ1v) is 6.85. The Morgan fingerprint density at radius 2 is 1.85 bits per heavy atom. The molecule has 2 aromatic carbocycles. The van der Waals surface area contributed by atoms with Crippen molar-refractivity contribution in [3.63, 3.8) is 0 Å². The summed E-state index contributed by atoms with van der Waals surface area (Å²) < 4.78 is 10.9. The minimum absolute atomic E-state index is 0.373. The molecule has 0 saturated heterocycles. The van der Waals surface area contributed by atoms with Gasteiger partial charge >= 0.3 is 0 Å². The Bertz CT molecular complexity index is 555. The zero-order valence-corrected chi connectivity index (χ0v) is 12.2. The largest absolute Gasteiger partial charge is 0.497 e. The fourth-order valence-electron chi connectivity index (χ4n) is 1.94. The lowest BCUT2D eigenvalue weighted by molar-refractivity contribution is 0.318. The Morgan fingerprint density at radius 3 is 2.50 bits per heavy atom. The molecule has 20 heavy (non-hydrogen) atoms. The third-order valence-electron chi connectivity index (χ3n) is 3.09. The molecular formula is C16H18ClNO2. The van der Waals surface area contributed by atoms with E-state index in [1.165, 1.54) is 5.56 Å². The van der Waals surface area contributed by atoms with Gasteiger partial charge in [-0.05, 0) is 29.8 Å². The van der Waals surface area contributed by atoms with E-state index in [1.54, 1.807) is 7.11 Å². The highest BCUT2D eigenvalue weighted by Gasteiger charge is 2.06. The van der Waals surface area contributed by atoms with Gasteiger partial charge in [-0.25, -0.2) is 0 Å². The normalized spacial score (nSPS) is 10.3. The quantitative estimate of drug-likeness (QED) is 0.887. The lowest BCUT2D eigenvalue weighted by Gasteiger charge is -2.11. The first-order chi connectivity index (χ1) is 9.74.